The normalized spacial score (nSPS) is 58.0. The summed E-state index contributed by atoms with van der Waals surface area (Å²) in [4.78, 5) is 0.258. The molecule has 4 rings (SSSR count). The molecule has 3 heteroatoms. The second-order valence-electron chi connectivity index (χ2n) is 9.83. The Morgan fingerprint density at radius 2 is 1.78 bits per heavy atom. The molecule has 0 radical (unpaired) electrons. The Morgan fingerprint density at radius 3 is 2.43 bits per heavy atom. The fraction of sp³-hybridized carbons (Fsp3) is 1.00. The van der Waals surface area contributed by atoms with Crippen LogP contribution >= 0.6 is 15.9 Å². The third-order valence-electron chi connectivity index (χ3n) is 8.57. The summed E-state index contributed by atoms with van der Waals surface area (Å²) in [7, 11) is 0. The number of hydrogen-bond acceptors (Lipinski definition) is 2. The van der Waals surface area contributed by atoms with Crippen molar-refractivity contribution in [3.63, 3.8) is 0 Å². The molecule has 0 amide bonds. The Morgan fingerprint density at radius 1 is 1.09 bits per heavy atom. The molecule has 1 spiro atoms. The standard InChI is InChI=1S/C20H33BrO2/c1-7-15(21)19(6)22-16-11-20-10-14(18(16,5)23-19)17(3,4)13(20)9-8-12(20)2/h12-16H,7-11H2,1-6H3/t12-,13+,14-,15+,16+,18-,19+,20-/m1/s1. The second kappa shape index (κ2) is 4.76. The largest absolute Gasteiger partial charge is 0.343 e. The van der Waals surface area contributed by atoms with Crippen LogP contribution in [0.25, 0.3) is 0 Å². The average molecular weight is 385 g/mol. The Bertz CT molecular complexity index is 520. The first-order valence-corrected chi connectivity index (χ1v) is 10.5. The van der Waals surface area contributed by atoms with E-state index < -0.39 is 5.79 Å². The minimum absolute atomic E-state index is 0.130. The number of alkyl halides is 1. The van der Waals surface area contributed by atoms with Crippen molar-refractivity contribution in [1.82, 2.24) is 0 Å². The van der Waals surface area contributed by atoms with Crippen molar-refractivity contribution < 1.29 is 9.47 Å². The number of rotatable bonds is 2. The van der Waals surface area contributed by atoms with Gasteiger partial charge >= 0.3 is 0 Å². The topological polar surface area (TPSA) is 18.5 Å². The molecule has 3 saturated carbocycles. The van der Waals surface area contributed by atoms with E-state index in [0.29, 0.717) is 16.7 Å². The van der Waals surface area contributed by atoms with E-state index in [-0.39, 0.29) is 16.5 Å². The van der Waals surface area contributed by atoms with Crippen molar-refractivity contribution in [2.24, 2.45) is 28.6 Å². The first kappa shape index (κ1) is 16.8. The molecule has 0 aromatic heterocycles. The molecule has 2 nitrogen and oxygen atoms in total. The molecule has 0 aromatic rings. The first-order valence-electron chi connectivity index (χ1n) is 9.62. The molecule has 0 aromatic carbocycles. The molecule has 1 saturated heterocycles. The molecule has 23 heavy (non-hydrogen) atoms. The van der Waals surface area contributed by atoms with E-state index in [1.165, 1.54) is 25.7 Å². The lowest BCUT2D eigenvalue weighted by molar-refractivity contribution is -0.188. The first-order chi connectivity index (χ1) is 10.6. The number of ether oxygens (including phenoxy) is 2. The van der Waals surface area contributed by atoms with Crippen LogP contribution in [0.15, 0.2) is 0 Å². The van der Waals surface area contributed by atoms with Crippen LogP contribution in [-0.4, -0.2) is 22.3 Å². The van der Waals surface area contributed by atoms with Crippen molar-refractivity contribution in [1.29, 1.82) is 0 Å². The third-order valence-corrected chi connectivity index (χ3v) is 10.0. The van der Waals surface area contributed by atoms with Gasteiger partial charge in [-0.2, -0.15) is 0 Å². The number of fused-ring (bicyclic) bond motifs is 3. The molecular weight excluding hydrogens is 352 g/mol. The van der Waals surface area contributed by atoms with Gasteiger partial charge in [0.25, 0.3) is 0 Å². The summed E-state index contributed by atoms with van der Waals surface area (Å²) in [6.45, 7) is 14.2. The van der Waals surface area contributed by atoms with Crippen LogP contribution in [0.4, 0.5) is 0 Å². The molecule has 1 heterocycles. The van der Waals surface area contributed by atoms with Crippen molar-refractivity contribution in [2.45, 2.75) is 96.0 Å². The monoisotopic (exact) mass is 384 g/mol. The van der Waals surface area contributed by atoms with Crippen LogP contribution in [0.5, 0.6) is 0 Å². The predicted octanol–water partition coefficient (Wildman–Crippen LogP) is 5.53. The summed E-state index contributed by atoms with van der Waals surface area (Å²) in [5.41, 5.74) is 0.729. The van der Waals surface area contributed by atoms with Gasteiger partial charge in [-0.25, -0.2) is 0 Å². The summed E-state index contributed by atoms with van der Waals surface area (Å²) < 4.78 is 13.5. The molecule has 0 N–H and O–H groups in total. The van der Waals surface area contributed by atoms with Crippen molar-refractivity contribution in [3.05, 3.63) is 0 Å². The summed E-state index contributed by atoms with van der Waals surface area (Å²) in [6.07, 6.45) is 6.63. The fourth-order valence-electron chi connectivity index (χ4n) is 7.36. The van der Waals surface area contributed by atoms with Crippen molar-refractivity contribution in [3.8, 4) is 0 Å². The molecule has 4 fully saturated rings. The van der Waals surface area contributed by atoms with Gasteiger partial charge in [0.15, 0.2) is 5.79 Å². The molecule has 8 atom stereocenters. The van der Waals surface area contributed by atoms with Gasteiger partial charge in [-0.05, 0) is 74.5 Å². The van der Waals surface area contributed by atoms with Gasteiger partial charge in [-0.15, -0.1) is 0 Å². The zero-order chi connectivity index (χ0) is 16.8. The molecule has 132 valence electrons. The molecule has 0 unspecified atom stereocenters. The second-order valence-corrected chi connectivity index (χ2v) is 10.9. The highest BCUT2D eigenvalue weighted by atomic mass is 79.9. The van der Waals surface area contributed by atoms with Crippen LogP contribution in [0, 0.1) is 28.6 Å². The van der Waals surface area contributed by atoms with Crippen LogP contribution < -0.4 is 0 Å². The fourth-order valence-corrected chi connectivity index (χ4v) is 7.57. The highest BCUT2D eigenvalue weighted by Crippen LogP contribution is 2.75. The lowest BCUT2D eigenvalue weighted by atomic mass is 9.63. The Kier molecular flexibility index (Phi) is 3.49. The summed E-state index contributed by atoms with van der Waals surface area (Å²) >= 11 is 3.82. The van der Waals surface area contributed by atoms with Crippen LogP contribution in [0.2, 0.25) is 0 Å². The molecule has 4 aliphatic rings. The SMILES string of the molecule is CC[C@H](Br)[C@@]1(C)O[C@H]2C[C@@]34C[C@H](C(C)(C)[C@@H]3CC[C@H]4C)[C@@]2(C)O1. The van der Waals surface area contributed by atoms with Gasteiger partial charge < -0.3 is 9.47 Å². The summed E-state index contributed by atoms with van der Waals surface area (Å²) in [5, 5.41) is 0. The van der Waals surface area contributed by atoms with Gasteiger partial charge in [-0.3, -0.25) is 0 Å². The molecular formula is C20H33BrO2. The van der Waals surface area contributed by atoms with Gasteiger partial charge in [-0.1, -0.05) is 43.6 Å². The highest BCUT2D eigenvalue weighted by Gasteiger charge is 2.74. The lowest BCUT2D eigenvalue weighted by Crippen LogP contribution is -2.52. The Balaban J connectivity index is 1.75. The average Bonchev–Trinajstić information content (AvgIpc) is 3.00. The zero-order valence-corrected chi connectivity index (χ0v) is 17.2. The van der Waals surface area contributed by atoms with Gasteiger partial charge in [0.05, 0.1) is 16.5 Å². The van der Waals surface area contributed by atoms with Gasteiger partial charge in [0.1, 0.15) is 0 Å². The maximum Gasteiger partial charge on any atom is 0.179 e. The van der Waals surface area contributed by atoms with Crippen molar-refractivity contribution >= 4 is 15.9 Å². The smallest absolute Gasteiger partial charge is 0.179 e. The van der Waals surface area contributed by atoms with Crippen LogP contribution in [0.3, 0.4) is 0 Å². The van der Waals surface area contributed by atoms with E-state index in [1.807, 2.05) is 0 Å². The molecule has 2 bridgehead atoms. The lowest BCUT2D eigenvalue weighted by Gasteiger charge is -2.47. The van der Waals surface area contributed by atoms with Crippen LogP contribution in [-0.2, 0) is 9.47 Å². The van der Waals surface area contributed by atoms with E-state index in [0.717, 1.165) is 18.3 Å². The number of halogens is 1. The Labute approximate surface area is 150 Å². The van der Waals surface area contributed by atoms with E-state index in [9.17, 15) is 0 Å². The quantitative estimate of drug-likeness (QED) is 0.582. The van der Waals surface area contributed by atoms with E-state index >= 15 is 0 Å². The maximum absolute atomic E-state index is 6.79. The highest BCUT2D eigenvalue weighted by molar-refractivity contribution is 9.09. The summed E-state index contributed by atoms with van der Waals surface area (Å²) in [5.74, 6) is 1.81. The van der Waals surface area contributed by atoms with E-state index in [4.69, 9.17) is 9.47 Å². The zero-order valence-electron chi connectivity index (χ0n) is 15.6. The van der Waals surface area contributed by atoms with E-state index in [2.05, 4.69) is 57.5 Å². The van der Waals surface area contributed by atoms with Crippen LogP contribution in [0.1, 0.15) is 73.6 Å². The number of hydrogen-bond donors (Lipinski definition) is 0. The molecule has 1 aliphatic heterocycles. The molecule has 3 aliphatic carbocycles. The minimum Gasteiger partial charge on any atom is -0.343 e. The van der Waals surface area contributed by atoms with Gasteiger partial charge in [0, 0.05) is 0 Å². The maximum atomic E-state index is 6.79. The summed E-state index contributed by atoms with van der Waals surface area (Å²) in [6, 6.07) is 0. The minimum atomic E-state index is -0.483. The van der Waals surface area contributed by atoms with Crippen molar-refractivity contribution in [2.75, 3.05) is 0 Å². The third kappa shape index (κ3) is 1.88. The van der Waals surface area contributed by atoms with Gasteiger partial charge in [0.2, 0.25) is 0 Å². The Hall–Kier alpha value is 0.400. The predicted molar refractivity (Wildman–Crippen MR) is 96.6 cm³/mol. The van der Waals surface area contributed by atoms with E-state index in [1.54, 1.807) is 0 Å².